The van der Waals surface area contributed by atoms with Crippen LogP contribution < -0.4 is 10.6 Å². The van der Waals surface area contributed by atoms with E-state index < -0.39 is 0 Å². The lowest BCUT2D eigenvalue weighted by atomic mass is 10.1. The topological polar surface area (TPSA) is 61.4 Å². The number of anilines is 1. The zero-order valence-corrected chi connectivity index (χ0v) is 14.0. The van der Waals surface area contributed by atoms with Crippen molar-refractivity contribution in [3.05, 3.63) is 66.2 Å². The van der Waals surface area contributed by atoms with Crippen LogP contribution in [0.5, 0.6) is 0 Å². The molecule has 0 bridgehead atoms. The molecule has 3 amide bonds. The van der Waals surface area contributed by atoms with E-state index in [1.54, 1.807) is 24.1 Å². The third-order valence-corrected chi connectivity index (χ3v) is 3.91. The second-order valence-corrected chi connectivity index (χ2v) is 5.59. The number of amides is 3. The molecule has 0 fully saturated rings. The Morgan fingerprint density at radius 2 is 1.58 bits per heavy atom. The minimum atomic E-state index is -0.312. The normalized spacial score (nSPS) is 11.4. The number of urea groups is 1. The number of hydrogen-bond donors (Lipinski definition) is 2. The highest BCUT2D eigenvalue weighted by Crippen LogP contribution is 2.18. The minimum Gasteiger partial charge on any atom is -0.339 e. The number of carbonyl (C=O) groups is 2. The van der Waals surface area contributed by atoms with Gasteiger partial charge in [-0.15, -0.1) is 0 Å². The average molecular weight is 325 g/mol. The van der Waals surface area contributed by atoms with E-state index in [-0.39, 0.29) is 24.4 Å². The van der Waals surface area contributed by atoms with Gasteiger partial charge in [0.15, 0.2) is 0 Å². The maximum absolute atomic E-state index is 12.3. The van der Waals surface area contributed by atoms with Crippen LogP contribution in [0, 0.1) is 0 Å². The quantitative estimate of drug-likeness (QED) is 0.855. The highest BCUT2D eigenvalue weighted by Gasteiger charge is 2.16. The van der Waals surface area contributed by atoms with E-state index in [0.29, 0.717) is 6.54 Å². The number of nitrogens with one attached hydrogen (secondary N) is 2. The van der Waals surface area contributed by atoms with Crippen molar-refractivity contribution >= 4 is 17.6 Å². The van der Waals surface area contributed by atoms with Crippen LogP contribution in [-0.2, 0) is 4.79 Å². The van der Waals surface area contributed by atoms with Gasteiger partial charge in [-0.05, 0) is 24.6 Å². The van der Waals surface area contributed by atoms with Gasteiger partial charge in [-0.2, -0.15) is 0 Å². The minimum absolute atomic E-state index is 0.00292. The molecule has 2 rings (SSSR count). The van der Waals surface area contributed by atoms with E-state index in [4.69, 9.17) is 0 Å². The van der Waals surface area contributed by atoms with Gasteiger partial charge in [0, 0.05) is 25.7 Å². The molecule has 0 aliphatic carbocycles. The van der Waals surface area contributed by atoms with Gasteiger partial charge in [-0.25, -0.2) is 4.79 Å². The number of benzene rings is 2. The van der Waals surface area contributed by atoms with Crippen LogP contribution in [0.15, 0.2) is 60.7 Å². The number of rotatable bonds is 6. The lowest BCUT2D eigenvalue weighted by Crippen LogP contribution is -2.35. The Kier molecular flexibility index (Phi) is 6.37. The van der Waals surface area contributed by atoms with Crippen molar-refractivity contribution < 1.29 is 9.59 Å². The van der Waals surface area contributed by atoms with Crippen LogP contribution >= 0.6 is 0 Å². The second-order valence-electron chi connectivity index (χ2n) is 5.59. The van der Waals surface area contributed by atoms with E-state index in [0.717, 1.165) is 11.3 Å². The van der Waals surface area contributed by atoms with E-state index in [9.17, 15) is 9.59 Å². The summed E-state index contributed by atoms with van der Waals surface area (Å²) in [6.07, 6.45) is 0.260. The fraction of sp³-hybridized carbons (Fsp3) is 0.263. The summed E-state index contributed by atoms with van der Waals surface area (Å²) in [5.41, 5.74) is 1.80. The molecule has 0 aliphatic rings. The van der Waals surface area contributed by atoms with E-state index >= 15 is 0 Å². The van der Waals surface area contributed by atoms with Gasteiger partial charge in [0.05, 0.1) is 6.04 Å². The van der Waals surface area contributed by atoms with Crippen molar-refractivity contribution in [2.75, 3.05) is 18.9 Å². The Labute approximate surface area is 142 Å². The molecule has 5 nitrogen and oxygen atoms in total. The molecule has 0 aliphatic heterocycles. The lowest BCUT2D eigenvalue weighted by Gasteiger charge is -2.25. The number of para-hydroxylation sites is 1. The molecule has 1 atom stereocenters. The zero-order valence-electron chi connectivity index (χ0n) is 14.0. The van der Waals surface area contributed by atoms with Crippen LogP contribution in [-0.4, -0.2) is 30.4 Å². The number of hydrogen-bond acceptors (Lipinski definition) is 2. The standard InChI is InChI=1S/C19H23N3O2/c1-15(16-9-5-3-6-10-16)22(2)18(23)13-14-20-19(24)21-17-11-7-4-8-12-17/h3-12,15H,13-14H2,1-2H3,(H2,20,21,24)/t15-/m0/s1. The Hall–Kier alpha value is -2.82. The van der Waals surface area contributed by atoms with Crippen LogP contribution in [0.3, 0.4) is 0 Å². The molecule has 0 unspecified atom stereocenters. The molecule has 24 heavy (non-hydrogen) atoms. The Morgan fingerprint density at radius 1 is 1.00 bits per heavy atom. The summed E-state index contributed by atoms with van der Waals surface area (Å²) >= 11 is 0. The molecule has 0 heterocycles. The lowest BCUT2D eigenvalue weighted by molar-refractivity contribution is -0.131. The largest absolute Gasteiger partial charge is 0.339 e. The summed E-state index contributed by atoms with van der Waals surface area (Å²) in [6.45, 7) is 2.28. The van der Waals surface area contributed by atoms with Crippen molar-refractivity contribution in [1.82, 2.24) is 10.2 Å². The van der Waals surface area contributed by atoms with Crippen LogP contribution in [0.4, 0.5) is 10.5 Å². The summed E-state index contributed by atoms with van der Waals surface area (Å²) in [5.74, 6) is -0.00800. The van der Waals surface area contributed by atoms with Crippen molar-refractivity contribution in [2.45, 2.75) is 19.4 Å². The molecule has 0 saturated heterocycles. The van der Waals surface area contributed by atoms with Crippen molar-refractivity contribution in [3.63, 3.8) is 0 Å². The van der Waals surface area contributed by atoms with E-state index in [1.165, 1.54) is 0 Å². The van der Waals surface area contributed by atoms with Crippen LogP contribution in [0.25, 0.3) is 0 Å². The first-order chi connectivity index (χ1) is 11.6. The first kappa shape index (κ1) is 17.5. The molecule has 5 heteroatoms. The molecular weight excluding hydrogens is 302 g/mol. The smallest absolute Gasteiger partial charge is 0.319 e. The maximum Gasteiger partial charge on any atom is 0.319 e. The fourth-order valence-corrected chi connectivity index (χ4v) is 2.33. The third-order valence-electron chi connectivity index (χ3n) is 3.91. The molecule has 0 spiro atoms. The highest BCUT2D eigenvalue weighted by atomic mass is 16.2. The fourth-order valence-electron chi connectivity index (χ4n) is 2.33. The molecule has 0 radical (unpaired) electrons. The molecule has 2 aromatic rings. The molecule has 0 saturated carbocycles. The molecule has 2 N–H and O–H groups in total. The Bertz CT molecular complexity index is 659. The summed E-state index contributed by atoms with van der Waals surface area (Å²) < 4.78 is 0. The maximum atomic E-state index is 12.3. The highest BCUT2D eigenvalue weighted by molar-refractivity contribution is 5.89. The van der Waals surface area contributed by atoms with Gasteiger partial charge in [0.1, 0.15) is 0 Å². The summed E-state index contributed by atoms with van der Waals surface area (Å²) in [6, 6.07) is 18.7. The van der Waals surface area contributed by atoms with Gasteiger partial charge in [-0.1, -0.05) is 48.5 Å². The first-order valence-corrected chi connectivity index (χ1v) is 7.98. The Morgan fingerprint density at radius 3 is 2.21 bits per heavy atom. The van der Waals surface area contributed by atoms with Crippen molar-refractivity contribution in [3.8, 4) is 0 Å². The van der Waals surface area contributed by atoms with Crippen molar-refractivity contribution in [2.24, 2.45) is 0 Å². The van der Waals surface area contributed by atoms with Gasteiger partial charge in [-0.3, -0.25) is 4.79 Å². The van der Waals surface area contributed by atoms with E-state index in [1.807, 2.05) is 55.5 Å². The van der Waals surface area contributed by atoms with Gasteiger partial charge in [0.25, 0.3) is 0 Å². The van der Waals surface area contributed by atoms with Crippen LogP contribution in [0.2, 0.25) is 0 Å². The zero-order chi connectivity index (χ0) is 17.4. The number of nitrogens with zero attached hydrogens (tertiary/aromatic N) is 1. The van der Waals surface area contributed by atoms with Crippen LogP contribution in [0.1, 0.15) is 24.9 Å². The summed E-state index contributed by atoms with van der Waals surface area (Å²) in [4.78, 5) is 25.7. The predicted molar refractivity (Wildman–Crippen MR) is 95.7 cm³/mol. The summed E-state index contributed by atoms with van der Waals surface area (Å²) in [7, 11) is 1.78. The molecular formula is C19H23N3O2. The second kappa shape index (κ2) is 8.72. The predicted octanol–water partition coefficient (Wildman–Crippen LogP) is 3.42. The molecule has 126 valence electrons. The monoisotopic (exact) mass is 325 g/mol. The average Bonchev–Trinajstić information content (AvgIpc) is 2.62. The van der Waals surface area contributed by atoms with Crippen molar-refractivity contribution in [1.29, 1.82) is 0 Å². The van der Waals surface area contributed by atoms with Gasteiger partial charge in [0.2, 0.25) is 5.91 Å². The van der Waals surface area contributed by atoms with Gasteiger partial charge < -0.3 is 15.5 Å². The number of carbonyl (C=O) groups excluding carboxylic acids is 2. The molecule has 2 aromatic carbocycles. The molecule has 0 aromatic heterocycles. The first-order valence-electron chi connectivity index (χ1n) is 7.98. The summed E-state index contributed by atoms with van der Waals surface area (Å²) in [5, 5.41) is 5.42. The van der Waals surface area contributed by atoms with Gasteiger partial charge >= 0.3 is 6.03 Å². The Balaban J connectivity index is 1.75. The van der Waals surface area contributed by atoms with E-state index in [2.05, 4.69) is 10.6 Å². The third kappa shape index (κ3) is 5.12. The SMILES string of the molecule is C[C@@H](c1ccccc1)N(C)C(=O)CCNC(=O)Nc1ccccc1.